The molecule has 1 heterocycles. The Kier molecular flexibility index (Phi) is 3.91. The van der Waals surface area contributed by atoms with Gasteiger partial charge in [0.2, 0.25) is 5.91 Å². The fraction of sp³-hybridized carbons (Fsp3) is 0.188. The van der Waals surface area contributed by atoms with E-state index in [1.807, 2.05) is 6.92 Å². The molecule has 2 aromatic carbocycles. The summed E-state index contributed by atoms with van der Waals surface area (Å²) in [4.78, 5) is 13.5. The van der Waals surface area contributed by atoms with Gasteiger partial charge in [0.25, 0.3) is 0 Å². The number of halogens is 2. The Morgan fingerprint density at radius 2 is 2.14 bits per heavy atom. The molecule has 3 rings (SSSR count). The van der Waals surface area contributed by atoms with Crippen molar-refractivity contribution in [2.24, 2.45) is 0 Å². The molecule has 0 saturated heterocycles. The third-order valence-corrected chi connectivity index (χ3v) is 4.99. The minimum absolute atomic E-state index is 0.109. The van der Waals surface area contributed by atoms with Gasteiger partial charge in [-0.15, -0.1) is 11.8 Å². The van der Waals surface area contributed by atoms with Crippen molar-refractivity contribution in [1.82, 2.24) is 0 Å². The number of thioether (sulfide) groups is 1. The first-order valence-corrected chi connectivity index (χ1v) is 7.81. The Balaban J connectivity index is 1.73. The molecule has 2 aromatic rings. The van der Waals surface area contributed by atoms with E-state index in [1.165, 1.54) is 29.3 Å². The van der Waals surface area contributed by atoms with Crippen molar-refractivity contribution < 1.29 is 9.18 Å². The molecule has 1 atom stereocenters. The number of nitrogens with one attached hydrogen (secondary N) is 1. The van der Waals surface area contributed by atoms with Gasteiger partial charge in [-0.05, 0) is 43.2 Å². The summed E-state index contributed by atoms with van der Waals surface area (Å²) in [5, 5.41) is 2.80. The van der Waals surface area contributed by atoms with Crippen LogP contribution >= 0.6 is 23.4 Å². The van der Waals surface area contributed by atoms with Crippen molar-refractivity contribution >= 4 is 35.0 Å². The zero-order valence-corrected chi connectivity index (χ0v) is 12.9. The molecule has 0 aromatic heterocycles. The fourth-order valence-corrected chi connectivity index (χ4v) is 3.79. The van der Waals surface area contributed by atoms with Crippen LogP contribution in [0.1, 0.15) is 11.1 Å². The van der Waals surface area contributed by atoms with Crippen molar-refractivity contribution in [1.29, 1.82) is 0 Å². The highest BCUT2D eigenvalue weighted by molar-refractivity contribution is 8.01. The molecule has 1 aliphatic heterocycles. The van der Waals surface area contributed by atoms with Crippen LogP contribution in [0.4, 0.5) is 10.1 Å². The summed E-state index contributed by atoms with van der Waals surface area (Å²) in [7, 11) is 0. The Labute approximate surface area is 131 Å². The summed E-state index contributed by atoms with van der Waals surface area (Å²) in [6.45, 7) is 2.03. The number of aryl methyl sites for hydroxylation is 1. The number of carbonyl (C=O) groups is 1. The van der Waals surface area contributed by atoms with E-state index in [0.29, 0.717) is 12.1 Å². The number of anilines is 1. The van der Waals surface area contributed by atoms with E-state index < -0.39 is 5.82 Å². The molecule has 21 heavy (non-hydrogen) atoms. The first-order chi connectivity index (χ1) is 10.0. The first-order valence-electron chi connectivity index (χ1n) is 6.55. The van der Waals surface area contributed by atoms with E-state index in [2.05, 4.69) is 23.5 Å². The van der Waals surface area contributed by atoms with Gasteiger partial charge in [-0.2, -0.15) is 0 Å². The predicted octanol–water partition coefficient (Wildman–Crippen LogP) is 4.44. The molecule has 5 heteroatoms. The van der Waals surface area contributed by atoms with Crippen LogP contribution in [0.15, 0.2) is 41.3 Å². The summed E-state index contributed by atoms with van der Waals surface area (Å²) in [6, 6.07) is 10.2. The van der Waals surface area contributed by atoms with Crippen LogP contribution in [-0.4, -0.2) is 11.2 Å². The van der Waals surface area contributed by atoms with Gasteiger partial charge in [-0.3, -0.25) is 4.79 Å². The van der Waals surface area contributed by atoms with Gasteiger partial charge in [0.1, 0.15) is 5.82 Å². The first kappa shape index (κ1) is 14.4. The minimum Gasteiger partial charge on any atom is -0.324 e. The molecule has 0 aliphatic carbocycles. The topological polar surface area (TPSA) is 29.1 Å². The van der Waals surface area contributed by atoms with Crippen molar-refractivity contribution in [2.75, 3.05) is 5.32 Å². The van der Waals surface area contributed by atoms with Crippen LogP contribution in [0.25, 0.3) is 0 Å². The Morgan fingerprint density at radius 3 is 2.90 bits per heavy atom. The van der Waals surface area contributed by atoms with E-state index in [0.717, 1.165) is 4.90 Å². The average molecular weight is 322 g/mol. The van der Waals surface area contributed by atoms with Crippen molar-refractivity contribution in [2.45, 2.75) is 23.5 Å². The number of benzene rings is 2. The van der Waals surface area contributed by atoms with Gasteiger partial charge >= 0.3 is 0 Å². The minimum atomic E-state index is -0.420. The van der Waals surface area contributed by atoms with E-state index in [-0.39, 0.29) is 16.2 Å². The number of amides is 1. The molecule has 2 nitrogen and oxygen atoms in total. The zero-order valence-electron chi connectivity index (χ0n) is 11.3. The highest BCUT2D eigenvalue weighted by Crippen LogP contribution is 2.38. The lowest BCUT2D eigenvalue weighted by molar-refractivity contribution is -0.115. The lowest BCUT2D eigenvalue weighted by atomic mass is 10.1. The molecule has 1 amide bonds. The van der Waals surface area contributed by atoms with E-state index in [4.69, 9.17) is 11.6 Å². The van der Waals surface area contributed by atoms with Gasteiger partial charge in [0.15, 0.2) is 0 Å². The van der Waals surface area contributed by atoms with Gasteiger partial charge in [-0.1, -0.05) is 29.3 Å². The zero-order chi connectivity index (χ0) is 15.0. The molecular formula is C16H13ClFNOS. The molecule has 0 bridgehead atoms. The average Bonchev–Trinajstić information content (AvgIpc) is 2.85. The summed E-state index contributed by atoms with van der Waals surface area (Å²) in [5.74, 6) is -0.529. The van der Waals surface area contributed by atoms with Crippen LogP contribution in [0, 0.1) is 12.7 Å². The van der Waals surface area contributed by atoms with Crippen molar-refractivity contribution in [3.63, 3.8) is 0 Å². The Bertz CT molecular complexity index is 719. The maximum Gasteiger partial charge on any atom is 0.238 e. The Hall–Kier alpha value is -1.52. The molecule has 0 unspecified atom stereocenters. The van der Waals surface area contributed by atoms with Gasteiger partial charge < -0.3 is 5.32 Å². The maximum atomic E-state index is 13.0. The summed E-state index contributed by atoms with van der Waals surface area (Å²) in [5.41, 5.74) is 2.82. The van der Waals surface area contributed by atoms with Crippen LogP contribution in [0.2, 0.25) is 5.02 Å². The quantitative estimate of drug-likeness (QED) is 0.885. The van der Waals surface area contributed by atoms with Gasteiger partial charge in [0, 0.05) is 4.90 Å². The summed E-state index contributed by atoms with van der Waals surface area (Å²) in [6.07, 6.45) is 0.699. The Morgan fingerprint density at radius 1 is 1.33 bits per heavy atom. The van der Waals surface area contributed by atoms with Crippen LogP contribution in [-0.2, 0) is 11.2 Å². The number of fused-ring (bicyclic) bond motifs is 1. The molecule has 0 spiro atoms. The van der Waals surface area contributed by atoms with Crippen molar-refractivity contribution in [3.8, 4) is 0 Å². The number of hydrogen-bond acceptors (Lipinski definition) is 2. The standard InChI is InChI=1S/C16H13ClFNOS/c1-9-2-3-10-7-15(21-14(10)6-9)16(20)19-13-5-4-11(18)8-12(13)17/h2-6,8,15H,7H2,1H3,(H,19,20)/t15-/m1/s1. The highest BCUT2D eigenvalue weighted by Gasteiger charge is 2.28. The molecule has 0 saturated carbocycles. The maximum absolute atomic E-state index is 13.0. The number of hydrogen-bond donors (Lipinski definition) is 1. The van der Waals surface area contributed by atoms with E-state index >= 15 is 0 Å². The second-order valence-corrected chi connectivity index (χ2v) is 6.69. The smallest absolute Gasteiger partial charge is 0.238 e. The second-order valence-electron chi connectivity index (χ2n) is 5.04. The van der Waals surface area contributed by atoms with E-state index in [9.17, 15) is 9.18 Å². The van der Waals surface area contributed by atoms with E-state index in [1.54, 1.807) is 11.8 Å². The largest absolute Gasteiger partial charge is 0.324 e. The molecular weight excluding hydrogens is 309 g/mol. The monoisotopic (exact) mass is 321 g/mol. The predicted molar refractivity (Wildman–Crippen MR) is 84.6 cm³/mol. The van der Waals surface area contributed by atoms with Gasteiger partial charge in [-0.25, -0.2) is 4.39 Å². The molecule has 1 N–H and O–H groups in total. The molecule has 1 aliphatic rings. The number of carbonyl (C=O) groups excluding carboxylic acids is 1. The number of rotatable bonds is 2. The van der Waals surface area contributed by atoms with Crippen LogP contribution in [0.5, 0.6) is 0 Å². The second kappa shape index (κ2) is 5.70. The lowest BCUT2D eigenvalue weighted by Crippen LogP contribution is -2.24. The van der Waals surface area contributed by atoms with Crippen molar-refractivity contribution in [3.05, 3.63) is 58.4 Å². The highest BCUT2D eigenvalue weighted by atomic mass is 35.5. The SMILES string of the molecule is Cc1ccc2c(c1)S[C@@H](C(=O)Nc1ccc(F)cc1Cl)C2. The third-order valence-electron chi connectivity index (χ3n) is 3.38. The van der Waals surface area contributed by atoms with Crippen LogP contribution in [0.3, 0.4) is 0 Å². The molecule has 0 radical (unpaired) electrons. The normalized spacial score (nSPS) is 16.6. The third kappa shape index (κ3) is 3.06. The van der Waals surface area contributed by atoms with Crippen LogP contribution < -0.4 is 5.32 Å². The van der Waals surface area contributed by atoms with Gasteiger partial charge in [0.05, 0.1) is 16.0 Å². The molecule has 0 fully saturated rings. The lowest BCUT2D eigenvalue weighted by Gasteiger charge is -2.11. The fourth-order valence-electron chi connectivity index (χ4n) is 2.29. The summed E-state index contributed by atoms with van der Waals surface area (Å²) >= 11 is 7.49. The summed E-state index contributed by atoms with van der Waals surface area (Å²) < 4.78 is 13.0. The molecule has 108 valence electrons.